The van der Waals surface area contributed by atoms with Crippen molar-refractivity contribution in [3.63, 3.8) is 0 Å². The molecule has 2 aromatic carbocycles. The molecule has 1 aliphatic rings. The lowest BCUT2D eigenvalue weighted by Gasteiger charge is -2.14. The molecule has 1 saturated carbocycles. The van der Waals surface area contributed by atoms with E-state index in [9.17, 15) is 31.1 Å². The summed E-state index contributed by atoms with van der Waals surface area (Å²) in [5.74, 6) is -4.00. The minimum absolute atomic E-state index is 0.0115. The normalized spacial score (nSPS) is 20.2. The maximum atomic E-state index is 14.2. The highest BCUT2D eigenvalue weighted by atomic mass is 35.5. The monoisotopic (exact) mass is 476 g/mol. The second kappa shape index (κ2) is 8.81. The van der Waals surface area contributed by atoms with Crippen molar-refractivity contribution in [2.45, 2.75) is 33.3 Å². The van der Waals surface area contributed by atoms with Gasteiger partial charge in [0.1, 0.15) is 29.9 Å². The minimum Gasteiger partial charge on any atom is -0.461 e. The van der Waals surface area contributed by atoms with Crippen LogP contribution in [-0.2, 0) is 22.8 Å². The Morgan fingerprint density at radius 2 is 1.84 bits per heavy atom. The molecule has 2 atom stereocenters. The van der Waals surface area contributed by atoms with Gasteiger partial charge in [0.25, 0.3) is 0 Å². The van der Waals surface area contributed by atoms with Gasteiger partial charge in [-0.15, -0.1) is 0 Å². The standard InChI is InChI=1S/C23H19ClF6O2/c1-22(2)17(9-19(24)23(28,29)30)20(22)21(31)32-11-12-4-3-5-14(16(12)10-25)15-7-6-13(26)8-18(15)27/h3-9,17,20H,10-11H2,1-2H3/b19-9-/t17-,20-/m0/s1. The van der Waals surface area contributed by atoms with Crippen LogP contribution >= 0.6 is 11.6 Å². The Hall–Kier alpha value is -2.48. The second-order valence-electron chi connectivity index (χ2n) is 8.15. The molecule has 0 spiro atoms. The Kier molecular flexibility index (Phi) is 6.65. The molecule has 0 saturated heterocycles. The molecule has 0 aliphatic heterocycles. The first kappa shape index (κ1) is 24.2. The van der Waals surface area contributed by atoms with Gasteiger partial charge in [0.15, 0.2) is 0 Å². The summed E-state index contributed by atoms with van der Waals surface area (Å²) in [6.45, 7) is 1.88. The lowest BCUT2D eigenvalue weighted by molar-refractivity contribution is -0.147. The van der Waals surface area contributed by atoms with Crippen LogP contribution in [0, 0.1) is 28.9 Å². The van der Waals surface area contributed by atoms with Crippen molar-refractivity contribution in [3.05, 3.63) is 70.3 Å². The van der Waals surface area contributed by atoms with Crippen LogP contribution in [0.25, 0.3) is 11.1 Å². The average Bonchev–Trinajstić information content (AvgIpc) is 3.25. The highest BCUT2D eigenvalue weighted by Gasteiger charge is 2.62. The van der Waals surface area contributed by atoms with Crippen LogP contribution in [0.5, 0.6) is 0 Å². The summed E-state index contributed by atoms with van der Waals surface area (Å²) < 4.78 is 84.6. The molecule has 9 heteroatoms. The van der Waals surface area contributed by atoms with E-state index >= 15 is 0 Å². The number of benzene rings is 2. The number of carbonyl (C=O) groups excluding carboxylic acids is 1. The Morgan fingerprint density at radius 3 is 2.44 bits per heavy atom. The van der Waals surface area contributed by atoms with Crippen molar-refractivity contribution >= 4 is 17.6 Å². The largest absolute Gasteiger partial charge is 0.461 e. The molecule has 1 fully saturated rings. The number of esters is 1. The first-order valence-electron chi connectivity index (χ1n) is 9.61. The Bertz CT molecular complexity index is 1060. The molecule has 0 radical (unpaired) electrons. The summed E-state index contributed by atoms with van der Waals surface area (Å²) in [7, 11) is 0. The first-order chi connectivity index (χ1) is 14.9. The van der Waals surface area contributed by atoms with Crippen molar-refractivity contribution in [2.75, 3.05) is 0 Å². The molecule has 172 valence electrons. The van der Waals surface area contributed by atoms with Gasteiger partial charge in [-0.25, -0.2) is 13.2 Å². The first-order valence-corrected chi connectivity index (χ1v) is 9.99. The van der Waals surface area contributed by atoms with Crippen molar-refractivity contribution < 1.29 is 35.9 Å². The Balaban J connectivity index is 1.78. The van der Waals surface area contributed by atoms with E-state index < -0.39 is 52.7 Å². The molecule has 1 aliphatic carbocycles. The van der Waals surface area contributed by atoms with Crippen LogP contribution in [0.4, 0.5) is 26.3 Å². The van der Waals surface area contributed by atoms with Crippen molar-refractivity contribution in [1.82, 2.24) is 0 Å². The SMILES string of the molecule is CC1(C)[C@H](C(=O)OCc2cccc(-c3ccc(F)cc3F)c2CF)[C@@H]1/C=C(\Cl)C(F)(F)F. The van der Waals surface area contributed by atoms with Gasteiger partial charge in [0.05, 0.1) is 5.92 Å². The molecule has 0 bridgehead atoms. The Morgan fingerprint density at radius 1 is 1.16 bits per heavy atom. The molecule has 3 rings (SSSR count). The number of hydrogen-bond acceptors (Lipinski definition) is 2. The summed E-state index contributed by atoms with van der Waals surface area (Å²) in [6.07, 6.45) is -3.90. The van der Waals surface area contributed by atoms with Gasteiger partial charge in [-0.3, -0.25) is 4.79 Å². The van der Waals surface area contributed by atoms with Crippen LogP contribution in [0.2, 0.25) is 0 Å². The molecule has 2 nitrogen and oxygen atoms in total. The van der Waals surface area contributed by atoms with Crippen LogP contribution in [-0.4, -0.2) is 12.1 Å². The zero-order valence-electron chi connectivity index (χ0n) is 17.1. The summed E-state index contributed by atoms with van der Waals surface area (Å²) >= 11 is 5.29. The summed E-state index contributed by atoms with van der Waals surface area (Å²) in [5.41, 5.74) is -0.284. The number of ether oxygens (including phenoxy) is 1. The van der Waals surface area contributed by atoms with Crippen molar-refractivity contribution in [2.24, 2.45) is 17.3 Å². The van der Waals surface area contributed by atoms with Gasteiger partial charge in [0, 0.05) is 11.6 Å². The van der Waals surface area contributed by atoms with E-state index in [4.69, 9.17) is 16.3 Å². The highest BCUT2D eigenvalue weighted by molar-refractivity contribution is 6.30. The number of alkyl halides is 4. The lowest BCUT2D eigenvalue weighted by Crippen LogP contribution is -2.12. The molecule has 2 aromatic rings. The molecule has 32 heavy (non-hydrogen) atoms. The highest BCUT2D eigenvalue weighted by Crippen LogP contribution is 2.60. The number of hydrogen-bond donors (Lipinski definition) is 0. The lowest BCUT2D eigenvalue weighted by atomic mass is 9.96. The van der Waals surface area contributed by atoms with E-state index in [0.29, 0.717) is 6.07 Å². The van der Waals surface area contributed by atoms with Gasteiger partial charge in [-0.05, 0) is 40.2 Å². The third-order valence-electron chi connectivity index (χ3n) is 5.76. The van der Waals surface area contributed by atoms with E-state index in [1.807, 2.05) is 0 Å². The Labute approximate surface area is 185 Å². The predicted molar refractivity (Wildman–Crippen MR) is 107 cm³/mol. The van der Waals surface area contributed by atoms with E-state index in [1.165, 1.54) is 24.3 Å². The summed E-state index contributed by atoms with van der Waals surface area (Å²) in [6, 6.07) is 7.36. The van der Waals surface area contributed by atoms with Crippen molar-refractivity contribution in [3.8, 4) is 11.1 Å². The quantitative estimate of drug-likeness (QED) is 0.328. The van der Waals surface area contributed by atoms with E-state index in [0.717, 1.165) is 12.1 Å². The minimum atomic E-state index is -4.71. The fourth-order valence-electron chi connectivity index (χ4n) is 3.82. The van der Waals surface area contributed by atoms with Gasteiger partial charge in [0.2, 0.25) is 0 Å². The number of rotatable bonds is 6. The third-order valence-corrected chi connectivity index (χ3v) is 6.10. The van der Waals surface area contributed by atoms with Gasteiger partial charge in [-0.1, -0.05) is 49.7 Å². The van der Waals surface area contributed by atoms with Gasteiger partial charge < -0.3 is 4.74 Å². The zero-order chi connectivity index (χ0) is 23.8. The summed E-state index contributed by atoms with van der Waals surface area (Å²) in [4.78, 5) is 12.5. The molecular weight excluding hydrogens is 458 g/mol. The maximum absolute atomic E-state index is 14.2. The fourth-order valence-corrected chi connectivity index (χ4v) is 3.95. The maximum Gasteiger partial charge on any atom is 0.426 e. The number of halogens is 7. The van der Waals surface area contributed by atoms with Crippen LogP contribution in [0.15, 0.2) is 47.5 Å². The molecule has 0 heterocycles. The predicted octanol–water partition coefficient (Wildman–Crippen LogP) is 7.10. The fraction of sp³-hybridized carbons (Fsp3) is 0.348. The number of allylic oxidation sites excluding steroid dienone is 2. The average molecular weight is 477 g/mol. The van der Waals surface area contributed by atoms with Gasteiger partial charge in [-0.2, -0.15) is 13.2 Å². The molecule has 0 unspecified atom stereocenters. The van der Waals surface area contributed by atoms with Crippen LogP contribution < -0.4 is 0 Å². The molecule has 0 aromatic heterocycles. The van der Waals surface area contributed by atoms with Gasteiger partial charge >= 0.3 is 12.1 Å². The van der Waals surface area contributed by atoms with Crippen molar-refractivity contribution in [1.29, 1.82) is 0 Å². The van der Waals surface area contributed by atoms with E-state index in [-0.39, 0.29) is 28.9 Å². The van der Waals surface area contributed by atoms with E-state index in [1.54, 1.807) is 13.8 Å². The van der Waals surface area contributed by atoms with Crippen LogP contribution in [0.3, 0.4) is 0 Å². The van der Waals surface area contributed by atoms with Crippen LogP contribution in [0.1, 0.15) is 25.0 Å². The smallest absolute Gasteiger partial charge is 0.426 e. The molecule has 0 amide bonds. The second-order valence-corrected chi connectivity index (χ2v) is 8.55. The van der Waals surface area contributed by atoms with E-state index in [2.05, 4.69) is 0 Å². The molecular formula is C23H19ClF6O2. The number of carbonyl (C=O) groups is 1. The molecule has 0 N–H and O–H groups in total. The topological polar surface area (TPSA) is 26.3 Å². The zero-order valence-corrected chi connectivity index (χ0v) is 17.8. The third kappa shape index (κ3) is 4.80. The summed E-state index contributed by atoms with van der Waals surface area (Å²) in [5, 5.41) is -1.31.